The first-order valence-corrected chi connectivity index (χ1v) is 12.2. The predicted molar refractivity (Wildman–Crippen MR) is 143 cm³/mol. The maximum Gasteiger partial charge on any atom is 0.336 e. The van der Waals surface area contributed by atoms with Gasteiger partial charge >= 0.3 is 5.97 Å². The molecular formula is C32H25NO4. The second-order valence-corrected chi connectivity index (χ2v) is 9.26. The maximum atomic E-state index is 13.7. The van der Waals surface area contributed by atoms with Gasteiger partial charge in [0.15, 0.2) is 5.78 Å². The van der Waals surface area contributed by atoms with Crippen LogP contribution < -0.4 is 10.1 Å². The van der Waals surface area contributed by atoms with Gasteiger partial charge in [-0.05, 0) is 35.4 Å². The Morgan fingerprint density at radius 1 is 0.865 bits per heavy atom. The van der Waals surface area contributed by atoms with Gasteiger partial charge < -0.3 is 14.8 Å². The molecule has 6 rings (SSSR count). The Morgan fingerprint density at radius 2 is 1.57 bits per heavy atom. The number of hydrogen-bond donors (Lipinski definition) is 1. The Bertz CT molecular complexity index is 1650. The van der Waals surface area contributed by atoms with Crippen LogP contribution in [0.25, 0.3) is 16.5 Å². The van der Waals surface area contributed by atoms with E-state index in [2.05, 4.69) is 35.6 Å². The molecule has 1 aliphatic heterocycles. The van der Waals surface area contributed by atoms with Crippen LogP contribution in [0, 0.1) is 0 Å². The molecule has 5 heteroatoms. The zero-order valence-corrected chi connectivity index (χ0v) is 20.6. The van der Waals surface area contributed by atoms with Crippen LogP contribution in [0.15, 0.2) is 108 Å². The van der Waals surface area contributed by atoms with E-state index in [1.807, 2.05) is 67.6 Å². The highest BCUT2D eigenvalue weighted by atomic mass is 16.5. The molecule has 1 atom stereocenters. The van der Waals surface area contributed by atoms with E-state index >= 15 is 0 Å². The lowest BCUT2D eigenvalue weighted by molar-refractivity contribution is -0.136. The van der Waals surface area contributed by atoms with Gasteiger partial charge in [0.1, 0.15) is 12.4 Å². The van der Waals surface area contributed by atoms with E-state index in [0.717, 1.165) is 27.8 Å². The monoisotopic (exact) mass is 487 g/mol. The molecule has 1 N–H and O–H groups in total. The van der Waals surface area contributed by atoms with Gasteiger partial charge in [0, 0.05) is 28.0 Å². The van der Waals surface area contributed by atoms with E-state index in [9.17, 15) is 9.59 Å². The molecule has 5 nitrogen and oxygen atoms in total. The average Bonchev–Trinajstić information content (AvgIpc) is 3.22. The van der Waals surface area contributed by atoms with Crippen molar-refractivity contribution in [1.29, 1.82) is 0 Å². The second kappa shape index (κ2) is 9.10. The molecule has 0 bridgehead atoms. The van der Waals surface area contributed by atoms with E-state index < -0.39 is 11.9 Å². The van der Waals surface area contributed by atoms with E-state index in [0.29, 0.717) is 34.8 Å². The Balaban J connectivity index is 1.43. The van der Waals surface area contributed by atoms with Crippen LogP contribution in [0.2, 0.25) is 0 Å². The van der Waals surface area contributed by atoms with Crippen molar-refractivity contribution in [3.05, 3.63) is 130 Å². The van der Waals surface area contributed by atoms with E-state index in [1.165, 1.54) is 12.5 Å². The van der Waals surface area contributed by atoms with Crippen LogP contribution >= 0.6 is 0 Å². The summed E-state index contributed by atoms with van der Waals surface area (Å²) in [5.41, 5.74) is 5.58. The number of Topliss-reactive ketones (excluding diaryl/α,β-unsaturated/α-hetero) is 1. The number of para-hydroxylation sites is 1. The summed E-state index contributed by atoms with van der Waals surface area (Å²) in [7, 11) is 1.36. The molecular weight excluding hydrogens is 462 g/mol. The highest BCUT2D eigenvalue weighted by Crippen LogP contribution is 2.48. The first-order chi connectivity index (χ1) is 18.1. The Hall–Kier alpha value is -4.64. The number of esters is 1. The molecule has 0 aromatic heterocycles. The Labute approximate surface area is 215 Å². The number of carbonyl (C=O) groups excluding carboxylic acids is 2. The highest BCUT2D eigenvalue weighted by Gasteiger charge is 2.43. The fraction of sp³-hybridized carbons (Fsp3) is 0.125. The summed E-state index contributed by atoms with van der Waals surface area (Å²) < 4.78 is 11.5. The number of dihydropyridines is 1. The number of rotatable bonds is 5. The largest absolute Gasteiger partial charge is 0.489 e. The number of methoxy groups -OCH3 is 1. The third-order valence-electron chi connectivity index (χ3n) is 7.09. The van der Waals surface area contributed by atoms with Crippen molar-refractivity contribution in [2.45, 2.75) is 19.4 Å². The van der Waals surface area contributed by atoms with Gasteiger partial charge in [-0.3, -0.25) is 4.79 Å². The van der Waals surface area contributed by atoms with Crippen LogP contribution in [0.3, 0.4) is 0 Å². The number of ketones is 1. The summed E-state index contributed by atoms with van der Waals surface area (Å²) >= 11 is 0. The summed E-state index contributed by atoms with van der Waals surface area (Å²) in [5.74, 6) is -0.584. The molecule has 37 heavy (non-hydrogen) atoms. The zero-order chi connectivity index (χ0) is 25.5. The van der Waals surface area contributed by atoms with Crippen molar-refractivity contribution in [1.82, 2.24) is 5.32 Å². The number of fused-ring (bicyclic) bond motifs is 3. The number of carbonyl (C=O) groups is 2. The molecule has 0 spiro atoms. The van der Waals surface area contributed by atoms with Crippen LogP contribution in [0.5, 0.6) is 5.75 Å². The molecule has 4 aromatic carbocycles. The number of hydrogen-bond acceptors (Lipinski definition) is 5. The standard InChI is InChI=1S/C32H25NO4/c1-19-27(32(35)36-2)28(29-30(33-19)23-11-5-6-12-24(23)31(29)34)25-13-7-8-14-26(25)37-18-20-15-16-21-9-3-4-10-22(21)17-20/h3-17,28,33H,18H2,1-2H3/t28-/m1/s1. The summed E-state index contributed by atoms with van der Waals surface area (Å²) in [6.45, 7) is 2.19. The first-order valence-electron chi connectivity index (χ1n) is 12.2. The van der Waals surface area contributed by atoms with Crippen molar-refractivity contribution < 1.29 is 19.1 Å². The lowest BCUT2D eigenvalue weighted by Gasteiger charge is -2.30. The first kappa shape index (κ1) is 22.8. The molecule has 0 saturated carbocycles. The van der Waals surface area contributed by atoms with E-state index in [4.69, 9.17) is 9.47 Å². The number of nitrogens with one attached hydrogen (secondary N) is 1. The smallest absolute Gasteiger partial charge is 0.336 e. The zero-order valence-electron chi connectivity index (χ0n) is 20.6. The van der Waals surface area contributed by atoms with Gasteiger partial charge in [-0.2, -0.15) is 0 Å². The van der Waals surface area contributed by atoms with Crippen LogP contribution in [0.1, 0.15) is 39.9 Å². The third-order valence-corrected chi connectivity index (χ3v) is 7.09. The normalized spacial score (nSPS) is 16.4. The summed E-state index contributed by atoms with van der Waals surface area (Å²) in [4.78, 5) is 26.7. The number of ether oxygens (including phenoxy) is 2. The Morgan fingerprint density at radius 3 is 2.38 bits per heavy atom. The van der Waals surface area contributed by atoms with Crippen molar-refractivity contribution in [3.63, 3.8) is 0 Å². The second-order valence-electron chi connectivity index (χ2n) is 9.26. The minimum Gasteiger partial charge on any atom is -0.489 e. The van der Waals surface area contributed by atoms with Gasteiger partial charge in [-0.25, -0.2) is 4.79 Å². The van der Waals surface area contributed by atoms with Crippen LogP contribution in [0.4, 0.5) is 0 Å². The topological polar surface area (TPSA) is 64.6 Å². The van der Waals surface area contributed by atoms with Gasteiger partial charge in [0.25, 0.3) is 0 Å². The number of benzene rings is 4. The molecule has 1 heterocycles. The third kappa shape index (κ3) is 3.80. The fourth-order valence-corrected chi connectivity index (χ4v) is 5.36. The summed E-state index contributed by atoms with van der Waals surface area (Å²) in [6, 6.07) is 29.6. The summed E-state index contributed by atoms with van der Waals surface area (Å²) in [5, 5.41) is 5.64. The van der Waals surface area contributed by atoms with Crippen LogP contribution in [-0.4, -0.2) is 18.9 Å². The fourth-order valence-electron chi connectivity index (χ4n) is 5.36. The lowest BCUT2D eigenvalue weighted by atomic mass is 9.79. The minimum absolute atomic E-state index is 0.0960. The lowest BCUT2D eigenvalue weighted by Crippen LogP contribution is -2.29. The quantitative estimate of drug-likeness (QED) is 0.342. The van der Waals surface area contributed by atoms with Gasteiger partial charge in [0.05, 0.1) is 24.3 Å². The van der Waals surface area contributed by atoms with E-state index in [-0.39, 0.29) is 5.78 Å². The van der Waals surface area contributed by atoms with Crippen molar-refractivity contribution in [2.24, 2.45) is 0 Å². The minimum atomic E-state index is -0.628. The molecule has 0 radical (unpaired) electrons. The van der Waals surface area contributed by atoms with Gasteiger partial charge in [-0.1, -0.05) is 78.9 Å². The van der Waals surface area contributed by atoms with E-state index in [1.54, 1.807) is 0 Å². The molecule has 0 amide bonds. The predicted octanol–water partition coefficient (Wildman–Crippen LogP) is 6.16. The van der Waals surface area contributed by atoms with Crippen molar-refractivity contribution in [2.75, 3.05) is 7.11 Å². The van der Waals surface area contributed by atoms with Gasteiger partial charge in [0.2, 0.25) is 0 Å². The summed E-state index contributed by atoms with van der Waals surface area (Å²) in [6.07, 6.45) is 0. The molecule has 0 saturated heterocycles. The average molecular weight is 488 g/mol. The van der Waals surface area contributed by atoms with Crippen molar-refractivity contribution in [3.8, 4) is 5.75 Å². The Kier molecular flexibility index (Phi) is 5.61. The van der Waals surface area contributed by atoms with Crippen LogP contribution in [-0.2, 0) is 16.1 Å². The molecule has 0 unspecified atom stereocenters. The molecule has 1 aliphatic carbocycles. The molecule has 4 aromatic rings. The molecule has 0 fully saturated rings. The molecule has 2 aliphatic rings. The maximum absolute atomic E-state index is 13.7. The highest BCUT2D eigenvalue weighted by molar-refractivity contribution is 6.23. The molecule has 182 valence electrons. The van der Waals surface area contributed by atoms with Gasteiger partial charge in [-0.15, -0.1) is 0 Å². The SMILES string of the molecule is COC(=O)C1=C(C)NC2=C(C(=O)c3ccccc32)[C@@H]1c1ccccc1OCc1ccc2ccccc2c1. The van der Waals surface area contributed by atoms with Crippen molar-refractivity contribution >= 4 is 28.2 Å². The number of allylic oxidation sites excluding steroid dienone is 2.